The third kappa shape index (κ3) is 3.76. The molecule has 1 aliphatic carbocycles. The molecule has 0 aliphatic heterocycles. The number of allylic oxidation sites excluding steroid dienone is 4. The van der Waals surface area contributed by atoms with Crippen LogP contribution in [0.15, 0.2) is 116 Å². The molecule has 0 amide bonds. The van der Waals surface area contributed by atoms with Gasteiger partial charge in [0.1, 0.15) is 0 Å². The van der Waals surface area contributed by atoms with E-state index in [4.69, 9.17) is 0 Å². The molecule has 0 atom stereocenters. The third-order valence-electron chi connectivity index (χ3n) is 5.08. The molecule has 0 bridgehead atoms. The molecule has 148 valence electrons. The van der Waals surface area contributed by atoms with Gasteiger partial charge in [-0.25, -0.2) is 0 Å². The first-order valence-electron chi connectivity index (χ1n) is 10.5. The van der Waals surface area contributed by atoms with Gasteiger partial charge in [-0.3, -0.25) is 0 Å². The highest BCUT2D eigenvalue weighted by molar-refractivity contribution is 5.93. The van der Waals surface area contributed by atoms with Crippen molar-refractivity contribution < 1.29 is 0 Å². The zero-order valence-corrected chi connectivity index (χ0v) is 18.2. The predicted octanol–water partition coefficient (Wildman–Crippen LogP) is 8.21. The van der Waals surface area contributed by atoms with Crippen LogP contribution < -0.4 is 0 Å². The van der Waals surface area contributed by atoms with E-state index in [0.717, 1.165) is 5.57 Å². The first-order chi connectivity index (χ1) is 14.3. The van der Waals surface area contributed by atoms with Gasteiger partial charge in [-0.2, -0.15) is 0 Å². The maximum Gasteiger partial charge on any atom is 0.0713 e. The van der Waals surface area contributed by atoms with E-state index in [0.29, 0.717) is 0 Å². The SMILES string of the molecule is C=C/C=C1\C(=C)c2ccccc2C1(c1ccccc1)c1ccccc1.CC.CC. The van der Waals surface area contributed by atoms with Crippen LogP contribution >= 0.6 is 0 Å². The van der Waals surface area contributed by atoms with Crippen molar-refractivity contribution in [1.29, 1.82) is 0 Å². The van der Waals surface area contributed by atoms with Gasteiger partial charge in [0, 0.05) is 0 Å². The summed E-state index contributed by atoms with van der Waals surface area (Å²) < 4.78 is 0. The summed E-state index contributed by atoms with van der Waals surface area (Å²) in [5.74, 6) is 0. The number of hydrogen-bond acceptors (Lipinski definition) is 0. The van der Waals surface area contributed by atoms with E-state index in [1.165, 1.54) is 27.8 Å². The molecular formula is C29H32. The van der Waals surface area contributed by atoms with Crippen LogP contribution in [0.3, 0.4) is 0 Å². The monoisotopic (exact) mass is 380 g/mol. The predicted molar refractivity (Wildman–Crippen MR) is 129 cm³/mol. The van der Waals surface area contributed by atoms with Crippen LogP contribution in [0.2, 0.25) is 0 Å². The molecule has 0 nitrogen and oxygen atoms in total. The zero-order valence-electron chi connectivity index (χ0n) is 18.2. The van der Waals surface area contributed by atoms with Crippen molar-refractivity contribution in [3.05, 3.63) is 138 Å². The Kier molecular flexibility index (Phi) is 7.98. The summed E-state index contributed by atoms with van der Waals surface area (Å²) in [5, 5.41) is 0. The number of fused-ring (bicyclic) bond motifs is 1. The maximum absolute atomic E-state index is 4.43. The van der Waals surface area contributed by atoms with Gasteiger partial charge < -0.3 is 0 Å². The molecule has 4 rings (SSSR count). The second-order valence-electron chi connectivity index (χ2n) is 6.32. The van der Waals surface area contributed by atoms with E-state index < -0.39 is 0 Å². The topological polar surface area (TPSA) is 0 Å². The third-order valence-corrected chi connectivity index (χ3v) is 5.08. The molecule has 0 radical (unpaired) electrons. The molecule has 0 heteroatoms. The average Bonchev–Trinajstić information content (AvgIpc) is 3.07. The second-order valence-corrected chi connectivity index (χ2v) is 6.32. The lowest BCUT2D eigenvalue weighted by Gasteiger charge is -2.34. The lowest BCUT2D eigenvalue weighted by atomic mass is 9.67. The van der Waals surface area contributed by atoms with Gasteiger partial charge >= 0.3 is 0 Å². The minimum Gasteiger partial charge on any atom is -0.0991 e. The highest BCUT2D eigenvalue weighted by Crippen LogP contribution is 2.56. The van der Waals surface area contributed by atoms with Gasteiger partial charge in [0.2, 0.25) is 0 Å². The minimum atomic E-state index is -0.357. The molecule has 29 heavy (non-hydrogen) atoms. The Hall–Kier alpha value is -3.12. The molecule has 0 unspecified atom stereocenters. The molecule has 0 fully saturated rings. The first-order valence-corrected chi connectivity index (χ1v) is 10.5. The Morgan fingerprint density at radius 3 is 1.59 bits per heavy atom. The molecule has 0 saturated heterocycles. The normalized spacial score (nSPS) is 14.8. The summed E-state index contributed by atoms with van der Waals surface area (Å²) in [7, 11) is 0. The van der Waals surface area contributed by atoms with Gasteiger partial charge in [0.15, 0.2) is 0 Å². The highest BCUT2D eigenvalue weighted by atomic mass is 14.5. The molecular weight excluding hydrogens is 348 g/mol. The van der Waals surface area contributed by atoms with Gasteiger partial charge in [-0.1, -0.05) is 138 Å². The largest absolute Gasteiger partial charge is 0.0991 e. The Morgan fingerprint density at radius 2 is 1.10 bits per heavy atom. The smallest absolute Gasteiger partial charge is 0.0713 e. The number of hydrogen-bond donors (Lipinski definition) is 0. The second kappa shape index (κ2) is 10.4. The molecule has 0 heterocycles. The summed E-state index contributed by atoms with van der Waals surface area (Å²) in [6, 6.07) is 30.0. The van der Waals surface area contributed by atoms with E-state index in [2.05, 4.69) is 104 Å². The van der Waals surface area contributed by atoms with E-state index >= 15 is 0 Å². The van der Waals surface area contributed by atoms with Crippen molar-refractivity contribution in [1.82, 2.24) is 0 Å². The summed E-state index contributed by atoms with van der Waals surface area (Å²) >= 11 is 0. The molecule has 3 aromatic rings. The van der Waals surface area contributed by atoms with E-state index in [1.807, 2.05) is 33.8 Å². The standard InChI is InChI=1S/C25H20.2C2H6/c1-3-12-23-19(2)22-17-10-11-18-24(22)25(23,20-13-6-4-7-14-20)21-15-8-5-9-16-21;2*1-2/h3-18H,1-2H2;2*1-2H3/b23-12+;;. The van der Waals surface area contributed by atoms with Gasteiger partial charge in [-0.15, -0.1) is 0 Å². The molecule has 0 aromatic heterocycles. The van der Waals surface area contributed by atoms with Crippen molar-refractivity contribution in [2.45, 2.75) is 33.1 Å². The van der Waals surface area contributed by atoms with E-state index in [9.17, 15) is 0 Å². The summed E-state index contributed by atoms with van der Waals surface area (Å²) in [4.78, 5) is 0. The molecule has 0 saturated carbocycles. The fourth-order valence-corrected chi connectivity index (χ4v) is 4.10. The van der Waals surface area contributed by atoms with Crippen molar-refractivity contribution >= 4 is 5.57 Å². The molecule has 1 aliphatic rings. The van der Waals surface area contributed by atoms with Crippen molar-refractivity contribution in [3.8, 4) is 0 Å². The van der Waals surface area contributed by atoms with Crippen LogP contribution in [0, 0.1) is 0 Å². The van der Waals surface area contributed by atoms with Crippen LogP contribution in [0.1, 0.15) is 49.9 Å². The van der Waals surface area contributed by atoms with Crippen LogP contribution in [0.5, 0.6) is 0 Å². The Bertz CT molecular complexity index is 920. The zero-order chi connectivity index (χ0) is 21.3. The van der Waals surface area contributed by atoms with Gasteiger partial charge in [0.25, 0.3) is 0 Å². The first kappa shape index (κ1) is 22.2. The van der Waals surface area contributed by atoms with E-state index in [1.54, 1.807) is 0 Å². The Labute approximate surface area is 176 Å². The average molecular weight is 381 g/mol. The van der Waals surface area contributed by atoms with Crippen molar-refractivity contribution in [3.63, 3.8) is 0 Å². The maximum atomic E-state index is 4.43. The molecule has 0 N–H and O–H groups in total. The highest BCUT2D eigenvalue weighted by Gasteiger charge is 2.47. The molecule has 3 aromatic carbocycles. The fraction of sp³-hybridized carbons (Fsp3) is 0.172. The quantitative estimate of drug-likeness (QED) is 0.429. The fourth-order valence-electron chi connectivity index (χ4n) is 4.10. The van der Waals surface area contributed by atoms with Crippen LogP contribution in [0.4, 0.5) is 0 Å². The van der Waals surface area contributed by atoms with Crippen molar-refractivity contribution in [2.24, 2.45) is 0 Å². The summed E-state index contributed by atoms with van der Waals surface area (Å²) in [6.07, 6.45) is 3.98. The van der Waals surface area contributed by atoms with Gasteiger partial charge in [-0.05, 0) is 33.4 Å². The van der Waals surface area contributed by atoms with Crippen LogP contribution in [-0.2, 0) is 5.41 Å². The number of benzene rings is 3. The number of rotatable bonds is 3. The van der Waals surface area contributed by atoms with Crippen molar-refractivity contribution in [2.75, 3.05) is 0 Å². The Morgan fingerprint density at radius 1 is 0.655 bits per heavy atom. The summed E-state index contributed by atoms with van der Waals surface area (Å²) in [5.41, 5.74) is 6.91. The van der Waals surface area contributed by atoms with Gasteiger partial charge in [0.05, 0.1) is 5.41 Å². The minimum absolute atomic E-state index is 0.357. The summed E-state index contributed by atoms with van der Waals surface area (Å²) in [6.45, 7) is 16.4. The van der Waals surface area contributed by atoms with Crippen LogP contribution in [-0.4, -0.2) is 0 Å². The molecule has 0 spiro atoms. The Balaban J connectivity index is 0.000000707. The van der Waals surface area contributed by atoms with E-state index in [-0.39, 0.29) is 5.41 Å². The lowest BCUT2D eigenvalue weighted by molar-refractivity contribution is 0.769. The van der Waals surface area contributed by atoms with Crippen LogP contribution in [0.25, 0.3) is 5.57 Å². The lowest BCUT2D eigenvalue weighted by Crippen LogP contribution is -2.28.